The van der Waals surface area contributed by atoms with Crippen molar-refractivity contribution in [3.63, 3.8) is 0 Å². The largest absolute Gasteiger partial charge is 0.434 e. The molecule has 3 unspecified atom stereocenters. The quantitative estimate of drug-likeness (QED) is 0.638. The van der Waals surface area contributed by atoms with Gasteiger partial charge in [0.1, 0.15) is 11.9 Å². The van der Waals surface area contributed by atoms with Gasteiger partial charge in [-0.15, -0.1) is 0 Å². The minimum absolute atomic E-state index is 0.0117. The molecule has 2 aliphatic rings. The van der Waals surface area contributed by atoms with Crippen LogP contribution >= 0.6 is 0 Å². The van der Waals surface area contributed by atoms with E-state index in [4.69, 9.17) is 9.15 Å². The summed E-state index contributed by atoms with van der Waals surface area (Å²) in [5.74, 6) is -0.867. The molecule has 1 aromatic carbocycles. The number of carbonyl (C=O) groups excluding carboxylic acids is 2. The van der Waals surface area contributed by atoms with Crippen molar-refractivity contribution in [2.75, 3.05) is 13.7 Å². The fraction of sp³-hybridized carbons (Fsp3) is 0.417. The lowest BCUT2D eigenvalue weighted by molar-refractivity contribution is -0.130. The Kier molecular flexibility index (Phi) is 5.80. The molecule has 3 aromatic rings. The average molecular weight is 452 g/mol. The summed E-state index contributed by atoms with van der Waals surface area (Å²) in [6, 6.07) is 7.71. The van der Waals surface area contributed by atoms with Crippen LogP contribution in [-0.4, -0.2) is 58.5 Å². The minimum atomic E-state index is -0.638. The van der Waals surface area contributed by atoms with E-state index in [9.17, 15) is 14.0 Å². The van der Waals surface area contributed by atoms with Crippen LogP contribution in [0.15, 0.2) is 40.9 Å². The van der Waals surface area contributed by atoms with Crippen molar-refractivity contribution in [2.24, 2.45) is 0 Å². The van der Waals surface area contributed by atoms with Gasteiger partial charge in [-0.1, -0.05) is 0 Å². The lowest BCUT2D eigenvalue weighted by Gasteiger charge is -2.25. The highest BCUT2D eigenvalue weighted by Crippen LogP contribution is 2.28. The molecule has 1 saturated carbocycles. The molecular formula is C24H25FN4O4. The molecule has 8 nitrogen and oxygen atoms in total. The zero-order chi connectivity index (χ0) is 22.9. The Bertz CT molecular complexity index is 1160. The Labute approximate surface area is 190 Å². The molecule has 172 valence electrons. The first-order chi connectivity index (χ1) is 16.0. The summed E-state index contributed by atoms with van der Waals surface area (Å²) in [4.78, 5) is 35.3. The molecule has 9 heteroatoms. The van der Waals surface area contributed by atoms with Gasteiger partial charge in [-0.3, -0.25) is 9.59 Å². The van der Waals surface area contributed by atoms with Gasteiger partial charge in [0.15, 0.2) is 11.2 Å². The molecule has 2 amide bonds. The first-order valence-corrected chi connectivity index (χ1v) is 11.2. The number of halogens is 1. The number of rotatable bonds is 5. The Morgan fingerprint density at radius 2 is 2.09 bits per heavy atom. The van der Waals surface area contributed by atoms with Gasteiger partial charge in [-0.05, 0) is 62.4 Å². The Morgan fingerprint density at radius 3 is 2.85 bits per heavy atom. The molecule has 0 radical (unpaired) electrons. The molecule has 1 saturated heterocycles. The first-order valence-electron chi connectivity index (χ1n) is 11.2. The van der Waals surface area contributed by atoms with E-state index in [0.29, 0.717) is 29.8 Å². The summed E-state index contributed by atoms with van der Waals surface area (Å²) in [6.45, 7) is 0.621. The van der Waals surface area contributed by atoms with Crippen molar-refractivity contribution in [2.45, 2.75) is 50.3 Å². The van der Waals surface area contributed by atoms with Crippen LogP contribution in [0.25, 0.3) is 22.7 Å². The number of carbonyl (C=O) groups is 2. The predicted octanol–water partition coefficient (Wildman–Crippen LogP) is 3.32. The van der Waals surface area contributed by atoms with Gasteiger partial charge in [-0.25, -0.2) is 9.37 Å². The summed E-state index contributed by atoms with van der Waals surface area (Å²) in [7, 11) is 1.68. The number of hydrogen-bond donors (Lipinski definition) is 1. The second-order valence-corrected chi connectivity index (χ2v) is 8.63. The minimum Gasteiger partial charge on any atom is -0.434 e. The van der Waals surface area contributed by atoms with E-state index >= 15 is 0 Å². The molecule has 2 aromatic heterocycles. The second-order valence-electron chi connectivity index (χ2n) is 8.63. The Hall–Kier alpha value is -3.33. The number of aromatic nitrogens is 2. The monoisotopic (exact) mass is 452 g/mol. The number of pyridine rings is 1. The van der Waals surface area contributed by atoms with Crippen molar-refractivity contribution < 1.29 is 23.1 Å². The highest BCUT2D eigenvalue weighted by Gasteiger charge is 2.34. The smallest absolute Gasteiger partial charge is 0.256 e. The van der Waals surface area contributed by atoms with E-state index in [1.165, 1.54) is 12.1 Å². The van der Waals surface area contributed by atoms with Crippen molar-refractivity contribution in [3.05, 3.63) is 47.9 Å². The molecule has 0 spiro atoms. The summed E-state index contributed by atoms with van der Waals surface area (Å²) >= 11 is 0. The van der Waals surface area contributed by atoms with Gasteiger partial charge in [0.05, 0.1) is 5.56 Å². The number of nitrogens with one attached hydrogen (secondary N) is 1. The zero-order valence-electron chi connectivity index (χ0n) is 18.3. The van der Waals surface area contributed by atoms with E-state index in [1.54, 1.807) is 36.3 Å². The van der Waals surface area contributed by atoms with E-state index in [2.05, 4.69) is 15.3 Å². The van der Waals surface area contributed by atoms with Gasteiger partial charge < -0.3 is 19.4 Å². The third kappa shape index (κ3) is 4.32. The number of hydrogen-bond acceptors (Lipinski definition) is 6. The average Bonchev–Trinajstić information content (AvgIpc) is 3.58. The van der Waals surface area contributed by atoms with E-state index < -0.39 is 11.7 Å². The number of amides is 2. The predicted molar refractivity (Wildman–Crippen MR) is 118 cm³/mol. The normalized spacial score (nSPS) is 22.5. The molecule has 33 heavy (non-hydrogen) atoms. The second kappa shape index (κ2) is 8.90. The molecule has 1 aliphatic heterocycles. The van der Waals surface area contributed by atoms with Gasteiger partial charge in [0.25, 0.3) is 5.91 Å². The summed E-state index contributed by atoms with van der Waals surface area (Å²) < 4.78 is 26.0. The molecular weight excluding hydrogens is 427 g/mol. The maximum absolute atomic E-state index is 14.9. The highest BCUT2D eigenvalue weighted by molar-refractivity contribution is 5.95. The van der Waals surface area contributed by atoms with Crippen LogP contribution in [0, 0.1) is 5.82 Å². The molecule has 3 atom stereocenters. The third-order valence-electron chi connectivity index (χ3n) is 6.45. The molecule has 1 aliphatic carbocycles. The zero-order valence-corrected chi connectivity index (χ0v) is 18.3. The number of benzene rings is 1. The van der Waals surface area contributed by atoms with Crippen LogP contribution in [-0.2, 0) is 9.53 Å². The summed E-state index contributed by atoms with van der Waals surface area (Å²) in [6.07, 6.45) is 5.03. The van der Waals surface area contributed by atoms with Crippen LogP contribution < -0.4 is 5.32 Å². The lowest BCUT2D eigenvalue weighted by Crippen LogP contribution is -2.42. The number of ether oxygens (including phenoxy) is 1. The lowest BCUT2D eigenvalue weighted by atomic mass is 10.1. The highest BCUT2D eigenvalue weighted by atomic mass is 19.1. The Morgan fingerprint density at radius 1 is 1.21 bits per heavy atom. The van der Waals surface area contributed by atoms with E-state index in [0.717, 1.165) is 25.7 Å². The van der Waals surface area contributed by atoms with Gasteiger partial charge in [0.2, 0.25) is 11.8 Å². The molecule has 2 fully saturated rings. The van der Waals surface area contributed by atoms with E-state index in [1.807, 2.05) is 0 Å². The topological polar surface area (TPSA) is 97.6 Å². The Balaban J connectivity index is 1.24. The van der Waals surface area contributed by atoms with E-state index in [-0.39, 0.29) is 35.5 Å². The first kappa shape index (κ1) is 21.5. The SMILES string of the molecule is CN(C(=O)c1ccc(-c2nc3ncccc3o2)cc1F)C1CCC(NC(=O)C2CCCO2)C1. The van der Waals surface area contributed by atoms with Crippen LogP contribution in [0.4, 0.5) is 4.39 Å². The van der Waals surface area contributed by atoms with Gasteiger partial charge >= 0.3 is 0 Å². The number of oxazole rings is 1. The van der Waals surface area contributed by atoms with Gasteiger partial charge in [-0.2, -0.15) is 4.98 Å². The number of nitrogens with zero attached hydrogens (tertiary/aromatic N) is 3. The van der Waals surface area contributed by atoms with Crippen molar-refractivity contribution >= 4 is 23.0 Å². The van der Waals surface area contributed by atoms with Crippen LogP contribution in [0.2, 0.25) is 0 Å². The fourth-order valence-corrected chi connectivity index (χ4v) is 4.59. The van der Waals surface area contributed by atoms with Crippen LogP contribution in [0.3, 0.4) is 0 Å². The third-order valence-corrected chi connectivity index (χ3v) is 6.45. The number of fused-ring (bicyclic) bond motifs is 1. The molecule has 5 rings (SSSR count). The molecule has 1 N–H and O–H groups in total. The van der Waals surface area contributed by atoms with Gasteiger partial charge in [0, 0.05) is 37.5 Å². The maximum Gasteiger partial charge on any atom is 0.256 e. The van der Waals surface area contributed by atoms with Crippen molar-refractivity contribution in [3.8, 4) is 11.5 Å². The summed E-state index contributed by atoms with van der Waals surface area (Å²) in [5, 5.41) is 3.03. The fourth-order valence-electron chi connectivity index (χ4n) is 4.59. The van der Waals surface area contributed by atoms with Crippen LogP contribution in [0.1, 0.15) is 42.5 Å². The standard InChI is InChI=1S/C24H25FN4O4/c1-29(16-8-7-15(13-16)27-22(30)20-5-3-11-32-20)24(31)17-9-6-14(12-18(17)25)23-28-21-19(33-23)4-2-10-26-21/h2,4,6,9-10,12,15-16,20H,3,5,7-8,11,13H2,1H3,(H,27,30). The van der Waals surface area contributed by atoms with Crippen LogP contribution in [0.5, 0.6) is 0 Å². The maximum atomic E-state index is 14.9. The van der Waals surface area contributed by atoms with Crippen molar-refractivity contribution in [1.29, 1.82) is 0 Å². The summed E-state index contributed by atoms with van der Waals surface area (Å²) in [5.41, 5.74) is 1.37. The molecule has 3 heterocycles. The molecule has 0 bridgehead atoms. The van der Waals surface area contributed by atoms with Crippen molar-refractivity contribution in [1.82, 2.24) is 20.2 Å².